The van der Waals surface area contributed by atoms with Crippen LogP contribution in [0.4, 0.5) is 13.2 Å². The van der Waals surface area contributed by atoms with Crippen molar-refractivity contribution in [2.45, 2.75) is 38.6 Å². The summed E-state index contributed by atoms with van der Waals surface area (Å²) in [6.07, 6.45) is -4.05. The molecular weight excluding hydrogens is 501 g/mol. The number of nitrogens with one attached hydrogen (secondary N) is 2. The number of ether oxygens (including phenoxy) is 2. The van der Waals surface area contributed by atoms with E-state index in [2.05, 4.69) is 25.0 Å². The number of rotatable bonds is 9. The van der Waals surface area contributed by atoms with Crippen molar-refractivity contribution in [2.75, 3.05) is 13.7 Å². The standard InChI is InChI=1S/C24H24ClF3N4O4/c1-4-11-36-16-8-6-15(7-9-16)19-30-20(32-22(34)31-19)17-12-14(5-10-18(17)25)13-29-21(33)23(2,35-3)24(26,27)28/h5-10,12H,4,11,13H2,1-3H3,(H,29,33)(H,30,31,32,34)/t23-/m1/s1. The van der Waals surface area contributed by atoms with Crippen LogP contribution < -0.4 is 15.7 Å². The lowest BCUT2D eigenvalue weighted by Crippen LogP contribution is -2.55. The highest BCUT2D eigenvalue weighted by Gasteiger charge is 2.57. The summed E-state index contributed by atoms with van der Waals surface area (Å²) in [5.41, 5.74) is -2.39. The first-order valence-electron chi connectivity index (χ1n) is 10.9. The molecule has 1 amide bonds. The van der Waals surface area contributed by atoms with Gasteiger partial charge in [-0.05, 0) is 55.3 Å². The van der Waals surface area contributed by atoms with Crippen molar-refractivity contribution in [3.63, 3.8) is 0 Å². The summed E-state index contributed by atoms with van der Waals surface area (Å²) < 4.78 is 49.7. The number of aromatic amines is 1. The van der Waals surface area contributed by atoms with Crippen molar-refractivity contribution < 1.29 is 27.4 Å². The van der Waals surface area contributed by atoms with Gasteiger partial charge in [0.15, 0.2) is 5.82 Å². The van der Waals surface area contributed by atoms with Crippen LogP contribution in [0.1, 0.15) is 25.8 Å². The number of nitrogens with zero attached hydrogens (tertiary/aromatic N) is 2. The number of methoxy groups -OCH3 is 1. The van der Waals surface area contributed by atoms with Crippen LogP contribution in [0.5, 0.6) is 5.75 Å². The van der Waals surface area contributed by atoms with Gasteiger partial charge in [-0.1, -0.05) is 24.6 Å². The van der Waals surface area contributed by atoms with Gasteiger partial charge in [0, 0.05) is 24.8 Å². The quantitative estimate of drug-likeness (QED) is 0.426. The molecule has 8 nitrogen and oxygen atoms in total. The molecule has 1 aromatic heterocycles. The first-order chi connectivity index (χ1) is 17.0. The molecule has 1 heterocycles. The topological polar surface area (TPSA) is 106 Å². The van der Waals surface area contributed by atoms with Gasteiger partial charge in [0.05, 0.1) is 11.6 Å². The SMILES string of the molecule is CCCOc1ccc(-c2nc(-c3cc(CNC(=O)[C@@](C)(OC)C(F)(F)F)ccc3Cl)[nH]c(=O)n2)cc1. The average molecular weight is 525 g/mol. The average Bonchev–Trinajstić information content (AvgIpc) is 2.85. The number of carbonyl (C=O) groups is 1. The number of H-pyrrole nitrogens is 1. The molecule has 0 aliphatic rings. The molecule has 0 fully saturated rings. The van der Waals surface area contributed by atoms with Crippen LogP contribution in [0.3, 0.4) is 0 Å². The van der Waals surface area contributed by atoms with E-state index in [1.165, 1.54) is 18.2 Å². The molecule has 36 heavy (non-hydrogen) atoms. The Morgan fingerprint density at radius 1 is 1.14 bits per heavy atom. The second-order valence-electron chi connectivity index (χ2n) is 7.93. The molecule has 0 aliphatic heterocycles. The number of hydrogen-bond donors (Lipinski definition) is 2. The van der Waals surface area contributed by atoms with E-state index in [-0.39, 0.29) is 23.2 Å². The van der Waals surface area contributed by atoms with Crippen molar-refractivity contribution in [1.82, 2.24) is 20.3 Å². The molecule has 0 saturated carbocycles. The van der Waals surface area contributed by atoms with E-state index in [0.717, 1.165) is 13.5 Å². The van der Waals surface area contributed by atoms with Crippen LogP contribution in [-0.2, 0) is 16.1 Å². The summed E-state index contributed by atoms with van der Waals surface area (Å²) in [5, 5.41) is 2.45. The Kier molecular flexibility index (Phi) is 8.36. The third-order valence-corrected chi connectivity index (χ3v) is 5.69. The van der Waals surface area contributed by atoms with Crippen LogP contribution >= 0.6 is 11.6 Å². The molecule has 12 heteroatoms. The summed E-state index contributed by atoms with van der Waals surface area (Å²) in [5.74, 6) is -0.435. The molecule has 192 valence electrons. The van der Waals surface area contributed by atoms with Gasteiger partial charge in [-0.2, -0.15) is 18.2 Å². The zero-order chi connectivity index (χ0) is 26.5. The maximum Gasteiger partial charge on any atom is 0.426 e. The molecule has 0 saturated heterocycles. The van der Waals surface area contributed by atoms with Crippen LogP contribution in [-0.4, -0.2) is 46.4 Å². The fourth-order valence-electron chi connectivity index (χ4n) is 3.11. The second kappa shape index (κ2) is 11.1. The first-order valence-corrected chi connectivity index (χ1v) is 11.3. The minimum Gasteiger partial charge on any atom is -0.494 e. The van der Waals surface area contributed by atoms with E-state index in [0.29, 0.717) is 36.0 Å². The molecule has 0 unspecified atom stereocenters. The summed E-state index contributed by atoms with van der Waals surface area (Å²) in [6.45, 7) is 2.96. The molecular formula is C24H24ClF3N4O4. The normalized spacial score (nSPS) is 13.2. The predicted molar refractivity (Wildman–Crippen MR) is 128 cm³/mol. The fourth-order valence-corrected chi connectivity index (χ4v) is 3.32. The van der Waals surface area contributed by atoms with E-state index in [1.807, 2.05) is 6.92 Å². The molecule has 2 N–H and O–H groups in total. The minimum absolute atomic E-state index is 0.103. The molecule has 0 aliphatic carbocycles. The number of amides is 1. The van der Waals surface area contributed by atoms with Gasteiger partial charge in [-0.15, -0.1) is 0 Å². The summed E-state index contributed by atoms with van der Waals surface area (Å²) in [4.78, 5) is 35.3. The van der Waals surface area contributed by atoms with Crippen molar-refractivity contribution in [3.8, 4) is 28.5 Å². The zero-order valence-electron chi connectivity index (χ0n) is 19.7. The predicted octanol–water partition coefficient (Wildman–Crippen LogP) is 4.52. The third-order valence-electron chi connectivity index (χ3n) is 5.36. The Balaban J connectivity index is 1.87. The molecule has 3 rings (SSSR count). The van der Waals surface area contributed by atoms with E-state index in [9.17, 15) is 22.8 Å². The van der Waals surface area contributed by atoms with E-state index >= 15 is 0 Å². The highest BCUT2D eigenvalue weighted by atomic mass is 35.5. The highest BCUT2D eigenvalue weighted by Crippen LogP contribution is 2.33. The van der Waals surface area contributed by atoms with Crippen molar-refractivity contribution in [1.29, 1.82) is 0 Å². The molecule has 0 radical (unpaired) electrons. The lowest BCUT2D eigenvalue weighted by atomic mass is 10.0. The Bertz CT molecular complexity index is 1280. The van der Waals surface area contributed by atoms with Gasteiger partial charge < -0.3 is 14.8 Å². The maximum absolute atomic E-state index is 13.3. The largest absolute Gasteiger partial charge is 0.494 e. The molecule has 1 atom stereocenters. The summed E-state index contributed by atoms with van der Waals surface area (Å²) in [7, 11) is 0.808. The van der Waals surface area contributed by atoms with Crippen LogP contribution in [0.2, 0.25) is 5.02 Å². The number of carbonyl (C=O) groups excluding carboxylic acids is 1. The van der Waals surface area contributed by atoms with Gasteiger partial charge in [0.2, 0.25) is 5.60 Å². The van der Waals surface area contributed by atoms with Crippen LogP contribution in [0, 0.1) is 0 Å². The summed E-state index contributed by atoms with van der Waals surface area (Å²) >= 11 is 6.31. The maximum atomic E-state index is 13.3. The lowest BCUT2D eigenvalue weighted by Gasteiger charge is -2.29. The highest BCUT2D eigenvalue weighted by molar-refractivity contribution is 6.33. The number of halogens is 4. The van der Waals surface area contributed by atoms with Gasteiger partial charge in [-0.25, -0.2) is 9.78 Å². The number of benzene rings is 2. The van der Waals surface area contributed by atoms with Crippen LogP contribution in [0.25, 0.3) is 22.8 Å². The third kappa shape index (κ3) is 6.03. The number of alkyl halides is 3. The number of aromatic nitrogens is 3. The van der Waals surface area contributed by atoms with Gasteiger partial charge in [-0.3, -0.25) is 9.78 Å². The zero-order valence-corrected chi connectivity index (χ0v) is 20.5. The van der Waals surface area contributed by atoms with Crippen LogP contribution in [0.15, 0.2) is 47.3 Å². The molecule has 3 aromatic rings. The molecule has 0 bridgehead atoms. The van der Waals surface area contributed by atoms with Crippen molar-refractivity contribution in [2.24, 2.45) is 0 Å². The Morgan fingerprint density at radius 3 is 2.44 bits per heavy atom. The Hall–Kier alpha value is -3.44. The van der Waals surface area contributed by atoms with Crippen molar-refractivity contribution in [3.05, 3.63) is 63.5 Å². The van der Waals surface area contributed by atoms with E-state index in [4.69, 9.17) is 16.3 Å². The minimum atomic E-state index is -4.91. The molecule has 0 spiro atoms. The van der Waals surface area contributed by atoms with Gasteiger partial charge in [0.25, 0.3) is 5.91 Å². The second-order valence-corrected chi connectivity index (χ2v) is 8.34. The lowest BCUT2D eigenvalue weighted by molar-refractivity contribution is -0.253. The van der Waals surface area contributed by atoms with E-state index in [1.54, 1.807) is 24.3 Å². The Morgan fingerprint density at radius 2 is 1.83 bits per heavy atom. The first kappa shape index (κ1) is 27.2. The monoisotopic (exact) mass is 524 g/mol. The van der Waals surface area contributed by atoms with E-state index < -0.39 is 23.4 Å². The number of hydrogen-bond acceptors (Lipinski definition) is 6. The van der Waals surface area contributed by atoms with Gasteiger partial charge >= 0.3 is 11.9 Å². The summed E-state index contributed by atoms with van der Waals surface area (Å²) in [6, 6.07) is 11.4. The Labute approximate surface area is 209 Å². The smallest absolute Gasteiger partial charge is 0.426 e. The van der Waals surface area contributed by atoms with Crippen molar-refractivity contribution >= 4 is 17.5 Å². The fraction of sp³-hybridized carbons (Fsp3) is 0.333. The molecule has 2 aromatic carbocycles. The van der Waals surface area contributed by atoms with Gasteiger partial charge in [0.1, 0.15) is 11.6 Å².